The molecule has 0 atom stereocenters. The molecule has 6 nitrogen and oxygen atoms in total. The van der Waals surface area contributed by atoms with Crippen LogP contribution >= 0.6 is 11.6 Å². The van der Waals surface area contributed by atoms with Gasteiger partial charge in [-0.1, -0.05) is 36.7 Å². The number of nitrogens with zero attached hydrogens (tertiary/aromatic N) is 4. The van der Waals surface area contributed by atoms with Gasteiger partial charge in [-0.2, -0.15) is 5.10 Å². The average Bonchev–Trinajstić information content (AvgIpc) is 2.73. The second-order valence-corrected chi connectivity index (χ2v) is 3.96. The van der Waals surface area contributed by atoms with Crippen LogP contribution in [0.4, 0.5) is 5.95 Å². The molecule has 0 amide bonds. The Morgan fingerprint density at radius 2 is 2.22 bits per heavy atom. The number of nitrogens with one attached hydrogen (secondary N) is 1. The van der Waals surface area contributed by atoms with E-state index in [1.807, 2.05) is 25.1 Å². The number of aryl methyl sites for hydroxylation is 1. The first-order valence-electron chi connectivity index (χ1n) is 5.45. The summed E-state index contributed by atoms with van der Waals surface area (Å²) in [6.07, 6.45) is 2.31. The molecule has 0 saturated carbocycles. The van der Waals surface area contributed by atoms with Crippen LogP contribution < -0.4 is 11.3 Å². The van der Waals surface area contributed by atoms with Gasteiger partial charge in [0.2, 0.25) is 0 Å². The summed E-state index contributed by atoms with van der Waals surface area (Å²) in [7, 11) is 0. The Bertz CT molecular complexity index is 562. The summed E-state index contributed by atoms with van der Waals surface area (Å²) in [5.41, 5.74) is 3.53. The average molecular weight is 265 g/mol. The monoisotopic (exact) mass is 264 g/mol. The molecule has 0 spiro atoms. The lowest BCUT2D eigenvalue weighted by Gasteiger charge is -2.01. The fourth-order valence-electron chi connectivity index (χ4n) is 1.38. The predicted molar refractivity (Wildman–Crippen MR) is 72.2 cm³/mol. The van der Waals surface area contributed by atoms with Crippen molar-refractivity contribution in [3.63, 3.8) is 0 Å². The first kappa shape index (κ1) is 12.4. The van der Waals surface area contributed by atoms with E-state index in [1.54, 1.807) is 12.3 Å². The highest BCUT2D eigenvalue weighted by atomic mass is 35.5. The topological polar surface area (TPSA) is 81.1 Å². The van der Waals surface area contributed by atoms with Crippen LogP contribution in [0.3, 0.4) is 0 Å². The molecule has 0 aliphatic heterocycles. The van der Waals surface area contributed by atoms with Gasteiger partial charge in [0.05, 0.1) is 6.21 Å². The third-order valence-corrected chi connectivity index (χ3v) is 2.70. The quantitative estimate of drug-likeness (QED) is 0.500. The number of nitrogen functional groups attached to an aromatic ring is 1. The van der Waals surface area contributed by atoms with Crippen molar-refractivity contribution < 1.29 is 0 Å². The molecule has 0 unspecified atom stereocenters. The molecule has 1 heterocycles. The summed E-state index contributed by atoms with van der Waals surface area (Å²) in [6.45, 7) is 1.95. The van der Waals surface area contributed by atoms with Gasteiger partial charge in [-0.3, -0.25) is 0 Å². The molecule has 2 aromatic rings. The minimum atomic E-state index is 0.384. The normalized spacial score (nSPS) is 11.0. The second kappa shape index (κ2) is 5.50. The van der Waals surface area contributed by atoms with Crippen LogP contribution in [0.5, 0.6) is 0 Å². The molecular formula is C11H13ClN6. The van der Waals surface area contributed by atoms with E-state index in [-0.39, 0.29) is 0 Å². The van der Waals surface area contributed by atoms with Gasteiger partial charge in [0, 0.05) is 17.0 Å². The summed E-state index contributed by atoms with van der Waals surface area (Å²) in [4.78, 5) is 0. The lowest BCUT2D eigenvalue weighted by molar-refractivity contribution is 0.855. The Balaban J connectivity index is 2.07. The Morgan fingerprint density at radius 3 is 2.89 bits per heavy atom. The van der Waals surface area contributed by atoms with Crippen LogP contribution in [0.1, 0.15) is 18.3 Å². The van der Waals surface area contributed by atoms with Crippen molar-refractivity contribution in [2.45, 2.75) is 13.3 Å². The molecule has 2 rings (SSSR count). The van der Waals surface area contributed by atoms with Gasteiger partial charge in [0.1, 0.15) is 0 Å². The lowest BCUT2D eigenvalue weighted by atomic mass is 10.2. The van der Waals surface area contributed by atoms with E-state index >= 15 is 0 Å². The number of halogens is 1. The molecule has 18 heavy (non-hydrogen) atoms. The highest BCUT2D eigenvalue weighted by molar-refractivity contribution is 6.33. The zero-order valence-electron chi connectivity index (χ0n) is 9.84. The number of hydrazone groups is 1. The van der Waals surface area contributed by atoms with Gasteiger partial charge in [0.25, 0.3) is 5.95 Å². The molecule has 0 saturated heterocycles. The molecule has 0 aliphatic rings. The van der Waals surface area contributed by atoms with Crippen molar-refractivity contribution >= 4 is 23.8 Å². The third kappa shape index (κ3) is 2.60. The van der Waals surface area contributed by atoms with E-state index in [4.69, 9.17) is 17.4 Å². The minimum Gasteiger partial charge on any atom is -0.335 e. The fourth-order valence-corrected chi connectivity index (χ4v) is 1.56. The lowest BCUT2D eigenvalue weighted by Crippen LogP contribution is -2.14. The maximum atomic E-state index is 5.99. The number of hydrogen-bond acceptors (Lipinski definition) is 5. The SMILES string of the molecule is CCc1nnc(N/N=C\c2ccccc2Cl)n1N. The zero-order valence-corrected chi connectivity index (χ0v) is 10.6. The third-order valence-electron chi connectivity index (χ3n) is 2.36. The van der Waals surface area contributed by atoms with Crippen LogP contribution in [-0.4, -0.2) is 21.1 Å². The first-order valence-corrected chi connectivity index (χ1v) is 5.83. The standard InChI is InChI=1S/C11H13ClN6/c1-2-10-15-17-11(18(10)13)16-14-7-8-5-3-4-6-9(8)12/h3-7H,2,13H2,1H3,(H,16,17)/b14-7-. The smallest absolute Gasteiger partial charge is 0.263 e. The highest BCUT2D eigenvalue weighted by Gasteiger charge is 2.05. The van der Waals surface area contributed by atoms with E-state index < -0.39 is 0 Å². The summed E-state index contributed by atoms with van der Waals surface area (Å²) in [6, 6.07) is 7.40. The van der Waals surface area contributed by atoms with Gasteiger partial charge in [-0.15, -0.1) is 10.2 Å². The Hall–Kier alpha value is -2.08. The largest absolute Gasteiger partial charge is 0.335 e. The summed E-state index contributed by atoms with van der Waals surface area (Å²) in [5, 5.41) is 12.4. The Morgan fingerprint density at radius 1 is 1.44 bits per heavy atom. The van der Waals surface area contributed by atoms with Gasteiger partial charge in [-0.05, 0) is 6.07 Å². The van der Waals surface area contributed by atoms with E-state index in [0.29, 0.717) is 23.2 Å². The van der Waals surface area contributed by atoms with Crippen molar-refractivity contribution in [1.82, 2.24) is 14.9 Å². The summed E-state index contributed by atoms with van der Waals surface area (Å²) < 4.78 is 1.37. The molecule has 94 valence electrons. The minimum absolute atomic E-state index is 0.384. The van der Waals surface area contributed by atoms with Crippen molar-refractivity contribution in [1.29, 1.82) is 0 Å². The van der Waals surface area contributed by atoms with E-state index in [0.717, 1.165) is 5.56 Å². The van der Waals surface area contributed by atoms with Crippen molar-refractivity contribution in [2.24, 2.45) is 5.10 Å². The van der Waals surface area contributed by atoms with Crippen LogP contribution in [0.15, 0.2) is 29.4 Å². The number of nitrogens with two attached hydrogens (primary N) is 1. The van der Waals surface area contributed by atoms with E-state index in [9.17, 15) is 0 Å². The van der Waals surface area contributed by atoms with Crippen molar-refractivity contribution in [3.8, 4) is 0 Å². The number of hydrogen-bond donors (Lipinski definition) is 2. The second-order valence-electron chi connectivity index (χ2n) is 3.55. The highest BCUT2D eigenvalue weighted by Crippen LogP contribution is 2.12. The molecule has 0 bridgehead atoms. The van der Waals surface area contributed by atoms with Gasteiger partial charge in [-0.25, -0.2) is 10.1 Å². The predicted octanol–water partition coefficient (Wildman–Crippen LogP) is 1.65. The molecule has 1 aromatic carbocycles. The molecule has 1 aromatic heterocycles. The maximum absolute atomic E-state index is 5.99. The van der Waals surface area contributed by atoms with Gasteiger partial charge < -0.3 is 5.84 Å². The molecule has 0 aliphatic carbocycles. The van der Waals surface area contributed by atoms with E-state index in [2.05, 4.69) is 20.7 Å². The Labute approximate surface area is 109 Å². The first-order chi connectivity index (χ1) is 8.72. The summed E-state index contributed by atoms with van der Waals surface area (Å²) >= 11 is 5.99. The van der Waals surface area contributed by atoms with Gasteiger partial charge in [0.15, 0.2) is 5.82 Å². The van der Waals surface area contributed by atoms with Gasteiger partial charge >= 0.3 is 0 Å². The van der Waals surface area contributed by atoms with Crippen molar-refractivity contribution in [2.75, 3.05) is 11.3 Å². The van der Waals surface area contributed by atoms with Crippen LogP contribution in [-0.2, 0) is 6.42 Å². The Kier molecular flexibility index (Phi) is 3.78. The molecule has 0 fully saturated rings. The number of aromatic nitrogens is 3. The number of rotatable bonds is 4. The molecule has 3 N–H and O–H groups in total. The van der Waals surface area contributed by atoms with E-state index in [1.165, 1.54) is 4.68 Å². The molecule has 7 heteroatoms. The zero-order chi connectivity index (χ0) is 13.0. The summed E-state index contributed by atoms with van der Waals surface area (Å²) in [5.74, 6) is 6.82. The maximum Gasteiger partial charge on any atom is 0.263 e. The molecule has 0 radical (unpaired) electrons. The van der Waals surface area contributed by atoms with Crippen molar-refractivity contribution in [3.05, 3.63) is 40.7 Å². The fraction of sp³-hybridized carbons (Fsp3) is 0.182. The number of anilines is 1. The van der Waals surface area contributed by atoms with Crippen LogP contribution in [0.25, 0.3) is 0 Å². The van der Waals surface area contributed by atoms with Crippen LogP contribution in [0, 0.1) is 0 Å². The molecular weight excluding hydrogens is 252 g/mol. The van der Waals surface area contributed by atoms with Crippen LogP contribution in [0.2, 0.25) is 5.02 Å². The number of benzene rings is 1.